The standard InChI is InChI=1S/C23H21N7O/c31-15-11-14(12-24-13-15)16-7-8-18-21(25-16)22(29-28-18)23-26-17-5-4-6-19(20(17)27-23)30-9-2-1-3-10-30/h4-8,11-13,31H,1-3,9-10H2,(H,26,27)(H,28,29). The Morgan fingerprint density at radius 1 is 0.903 bits per heavy atom. The molecule has 0 bridgehead atoms. The van der Waals surface area contributed by atoms with Gasteiger partial charge in [-0.2, -0.15) is 5.10 Å². The van der Waals surface area contributed by atoms with Gasteiger partial charge in [0.2, 0.25) is 0 Å². The van der Waals surface area contributed by atoms with E-state index in [0.29, 0.717) is 17.2 Å². The molecule has 1 fully saturated rings. The number of para-hydroxylation sites is 1. The molecule has 0 saturated carbocycles. The van der Waals surface area contributed by atoms with E-state index in [1.54, 1.807) is 12.3 Å². The molecule has 31 heavy (non-hydrogen) atoms. The number of aromatic amines is 2. The maximum atomic E-state index is 9.77. The minimum Gasteiger partial charge on any atom is -0.506 e. The van der Waals surface area contributed by atoms with Gasteiger partial charge in [0.25, 0.3) is 0 Å². The summed E-state index contributed by atoms with van der Waals surface area (Å²) in [5.41, 5.74) is 6.79. The van der Waals surface area contributed by atoms with Crippen molar-refractivity contribution < 1.29 is 5.11 Å². The lowest BCUT2D eigenvalue weighted by Crippen LogP contribution is -2.29. The van der Waals surface area contributed by atoms with E-state index in [1.807, 2.05) is 18.2 Å². The van der Waals surface area contributed by atoms with Crippen LogP contribution < -0.4 is 4.90 Å². The lowest BCUT2D eigenvalue weighted by atomic mass is 10.1. The summed E-state index contributed by atoms with van der Waals surface area (Å²) in [5, 5.41) is 17.3. The minimum absolute atomic E-state index is 0.106. The number of rotatable bonds is 3. The molecule has 5 aromatic rings. The third kappa shape index (κ3) is 3.07. The molecule has 0 atom stereocenters. The SMILES string of the molecule is Oc1cncc(-c2ccc3[nH]nc(-c4nc5c(N6CCCCC6)cccc5[nH]4)c3n2)c1. The molecule has 0 unspecified atom stereocenters. The Morgan fingerprint density at radius 2 is 1.81 bits per heavy atom. The van der Waals surface area contributed by atoms with Gasteiger partial charge in [-0.15, -0.1) is 0 Å². The fourth-order valence-corrected chi connectivity index (χ4v) is 4.31. The van der Waals surface area contributed by atoms with Gasteiger partial charge < -0.3 is 15.0 Å². The van der Waals surface area contributed by atoms with Crippen molar-refractivity contribution in [1.29, 1.82) is 0 Å². The maximum absolute atomic E-state index is 9.77. The largest absolute Gasteiger partial charge is 0.506 e. The van der Waals surface area contributed by atoms with E-state index < -0.39 is 0 Å². The Balaban J connectivity index is 1.46. The van der Waals surface area contributed by atoms with Crippen LogP contribution >= 0.6 is 0 Å². The predicted octanol–water partition coefficient (Wildman–Crippen LogP) is 4.26. The van der Waals surface area contributed by atoms with Crippen molar-refractivity contribution in [2.45, 2.75) is 19.3 Å². The summed E-state index contributed by atoms with van der Waals surface area (Å²) in [6.45, 7) is 2.13. The fraction of sp³-hybridized carbons (Fsp3) is 0.217. The van der Waals surface area contributed by atoms with E-state index >= 15 is 0 Å². The van der Waals surface area contributed by atoms with Crippen LogP contribution in [0.4, 0.5) is 5.69 Å². The summed E-state index contributed by atoms with van der Waals surface area (Å²) in [4.78, 5) is 19.6. The van der Waals surface area contributed by atoms with Crippen LogP contribution in [0.3, 0.4) is 0 Å². The number of anilines is 1. The van der Waals surface area contributed by atoms with Crippen LogP contribution in [0.25, 0.3) is 44.8 Å². The summed E-state index contributed by atoms with van der Waals surface area (Å²) in [6, 6.07) is 11.7. The number of imidazole rings is 1. The molecule has 0 aliphatic carbocycles. The van der Waals surface area contributed by atoms with Crippen molar-refractivity contribution in [3.05, 3.63) is 48.8 Å². The second-order valence-corrected chi connectivity index (χ2v) is 7.90. The second kappa shape index (κ2) is 7.09. The molecular formula is C23H21N7O. The number of benzene rings is 1. The highest BCUT2D eigenvalue weighted by molar-refractivity contribution is 5.95. The number of fused-ring (bicyclic) bond motifs is 2. The molecule has 1 aliphatic heterocycles. The molecule has 4 aromatic heterocycles. The first-order chi connectivity index (χ1) is 15.3. The van der Waals surface area contributed by atoms with E-state index in [-0.39, 0.29) is 5.75 Å². The zero-order chi connectivity index (χ0) is 20.8. The first kappa shape index (κ1) is 17.9. The average Bonchev–Trinajstić information content (AvgIpc) is 3.43. The maximum Gasteiger partial charge on any atom is 0.161 e. The van der Waals surface area contributed by atoms with Gasteiger partial charge in [-0.3, -0.25) is 10.1 Å². The lowest BCUT2D eigenvalue weighted by molar-refractivity contribution is 0.473. The van der Waals surface area contributed by atoms with Crippen molar-refractivity contribution in [1.82, 2.24) is 30.1 Å². The molecule has 8 nitrogen and oxygen atoms in total. The van der Waals surface area contributed by atoms with E-state index in [4.69, 9.17) is 9.97 Å². The van der Waals surface area contributed by atoms with Gasteiger partial charge in [-0.05, 0) is 49.6 Å². The molecule has 0 amide bonds. The predicted molar refractivity (Wildman–Crippen MR) is 120 cm³/mol. The fourth-order valence-electron chi connectivity index (χ4n) is 4.31. The number of pyridine rings is 2. The number of nitrogens with zero attached hydrogens (tertiary/aromatic N) is 5. The molecule has 6 rings (SSSR count). The van der Waals surface area contributed by atoms with Gasteiger partial charge in [0.15, 0.2) is 11.5 Å². The van der Waals surface area contributed by atoms with Crippen molar-refractivity contribution in [3.8, 4) is 28.5 Å². The van der Waals surface area contributed by atoms with Crippen molar-refractivity contribution in [3.63, 3.8) is 0 Å². The molecule has 0 spiro atoms. The monoisotopic (exact) mass is 411 g/mol. The topological polar surface area (TPSA) is 107 Å². The summed E-state index contributed by atoms with van der Waals surface area (Å²) >= 11 is 0. The van der Waals surface area contributed by atoms with E-state index in [0.717, 1.165) is 40.7 Å². The average molecular weight is 411 g/mol. The van der Waals surface area contributed by atoms with Gasteiger partial charge in [-0.25, -0.2) is 9.97 Å². The summed E-state index contributed by atoms with van der Waals surface area (Å²) < 4.78 is 0. The third-order valence-corrected chi connectivity index (χ3v) is 5.84. The molecule has 0 radical (unpaired) electrons. The number of piperidine rings is 1. The smallest absolute Gasteiger partial charge is 0.161 e. The summed E-state index contributed by atoms with van der Waals surface area (Å²) in [7, 11) is 0. The van der Waals surface area contributed by atoms with Gasteiger partial charge in [0, 0.05) is 24.8 Å². The number of hydrogen-bond acceptors (Lipinski definition) is 6. The second-order valence-electron chi connectivity index (χ2n) is 7.90. The zero-order valence-corrected chi connectivity index (χ0v) is 16.8. The number of aromatic nitrogens is 6. The van der Waals surface area contributed by atoms with Crippen LogP contribution in [0.2, 0.25) is 0 Å². The highest BCUT2D eigenvalue weighted by atomic mass is 16.3. The Labute approximate surface area is 178 Å². The summed E-state index contributed by atoms with van der Waals surface area (Å²) in [5.74, 6) is 0.790. The number of aromatic hydroxyl groups is 1. The Morgan fingerprint density at radius 3 is 2.68 bits per heavy atom. The molecule has 8 heteroatoms. The first-order valence-electron chi connectivity index (χ1n) is 10.5. The van der Waals surface area contributed by atoms with Crippen molar-refractivity contribution in [2.75, 3.05) is 18.0 Å². The molecule has 154 valence electrons. The highest BCUT2D eigenvalue weighted by Crippen LogP contribution is 2.32. The van der Waals surface area contributed by atoms with Crippen LogP contribution in [0.15, 0.2) is 48.8 Å². The third-order valence-electron chi connectivity index (χ3n) is 5.84. The number of hydrogen-bond donors (Lipinski definition) is 3. The highest BCUT2D eigenvalue weighted by Gasteiger charge is 2.19. The van der Waals surface area contributed by atoms with E-state index in [9.17, 15) is 5.11 Å². The van der Waals surface area contributed by atoms with Crippen LogP contribution in [0.1, 0.15) is 19.3 Å². The Kier molecular flexibility index (Phi) is 4.09. The first-order valence-corrected chi connectivity index (χ1v) is 10.5. The van der Waals surface area contributed by atoms with Gasteiger partial charge in [0.05, 0.1) is 28.6 Å². The lowest BCUT2D eigenvalue weighted by Gasteiger charge is -2.28. The van der Waals surface area contributed by atoms with Gasteiger partial charge >= 0.3 is 0 Å². The number of nitrogens with one attached hydrogen (secondary N) is 2. The quantitative estimate of drug-likeness (QED) is 0.410. The van der Waals surface area contributed by atoms with Crippen LogP contribution in [0.5, 0.6) is 5.75 Å². The number of H-pyrrole nitrogens is 2. The van der Waals surface area contributed by atoms with Crippen molar-refractivity contribution in [2.24, 2.45) is 0 Å². The van der Waals surface area contributed by atoms with Gasteiger partial charge in [0.1, 0.15) is 16.8 Å². The molecule has 1 saturated heterocycles. The Hall–Kier alpha value is -3.94. The minimum atomic E-state index is 0.106. The van der Waals surface area contributed by atoms with E-state index in [2.05, 4.69) is 37.2 Å². The van der Waals surface area contributed by atoms with Crippen molar-refractivity contribution >= 4 is 27.8 Å². The summed E-state index contributed by atoms with van der Waals surface area (Å²) in [6.07, 6.45) is 6.81. The normalized spacial score (nSPS) is 14.5. The van der Waals surface area contributed by atoms with Gasteiger partial charge in [-0.1, -0.05) is 6.07 Å². The Bertz CT molecular complexity index is 1400. The molecule has 3 N–H and O–H groups in total. The zero-order valence-electron chi connectivity index (χ0n) is 16.8. The van der Waals surface area contributed by atoms with Crippen LogP contribution in [-0.4, -0.2) is 48.3 Å². The molecular weight excluding hydrogens is 390 g/mol. The van der Waals surface area contributed by atoms with Crippen LogP contribution in [0, 0.1) is 0 Å². The molecule has 1 aromatic carbocycles. The molecule has 5 heterocycles. The van der Waals surface area contributed by atoms with E-state index in [1.165, 1.54) is 31.1 Å². The molecule has 1 aliphatic rings. The van der Waals surface area contributed by atoms with Crippen LogP contribution in [-0.2, 0) is 0 Å².